The zero-order chi connectivity index (χ0) is 26.8. The lowest BCUT2D eigenvalue weighted by molar-refractivity contribution is -0.384. The summed E-state index contributed by atoms with van der Waals surface area (Å²) in [6.07, 6.45) is 1.36. The fraction of sp³-hybridized carbons (Fsp3) is 0.0357. The third-order valence-electron chi connectivity index (χ3n) is 5.94. The Morgan fingerprint density at radius 1 is 0.947 bits per heavy atom. The molecule has 10 heteroatoms. The van der Waals surface area contributed by atoms with Gasteiger partial charge < -0.3 is 9.84 Å². The minimum absolute atomic E-state index is 0.00550. The van der Waals surface area contributed by atoms with Crippen LogP contribution in [0.1, 0.15) is 11.1 Å². The molecule has 5 rings (SSSR count). The van der Waals surface area contributed by atoms with Crippen molar-refractivity contribution in [2.24, 2.45) is 0 Å². The minimum atomic E-state index is -0.914. The molecule has 0 spiro atoms. The minimum Gasteiger partial charge on any atom is -0.508 e. The van der Waals surface area contributed by atoms with Crippen molar-refractivity contribution in [3.63, 3.8) is 0 Å². The first-order valence-corrected chi connectivity index (χ1v) is 11.4. The van der Waals surface area contributed by atoms with Gasteiger partial charge in [0.05, 0.1) is 10.6 Å². The summed E-state index contributed by atoms with van der Waals surface area (Å²) >= 11 is 0. The molecule has 188 valence electrons. The second kappa shape index (κ2) is 9.86. The van der Waals surface area contributed by atoms with E-state index in [-0.39, 0.29) is 29.3 Å². The van der Waals surface area contributed by atoms with Gasteiger partial charge in [0.2, 0.25) is 0 Å². The van der Waals surface area contributed by atoms with Crippen LogP contribution in [0.4, 0.5) is 16.2 Å². The van der Waals surface area contributed by atoms with Crippen molar-refractivity contribution in [3.8, 4) is 11.5 Å². The molecule has 4 amide bonds. The Balaban J connectivity index is 1.56. The molecule has 38 heavy (non-hydrogen) atoms. The van der Waals surface area contributed by atoms with Crippen LogP contribution < -0.4 is 15.0 Å². The first-order chi connectivity index (χ1) is 18.3. The number of nitro groups is 1. The number of barbiturate groups is 1. The van der Waals surface area contributed by atoms with Crippen LogP contribution in [0.25, 0.3) is 16.8 Å². The highest BCUT2D eigenvalue weighted by molar-refractivity contribution is 6.39. The van der Waals surface area contributed by atoms with Gasteiger partial charge in [0.25, 0.3) is 17.5 Å². The van der Waals surface area contributed by atoms with Gasteiger partial charge in [-0.25, -0.2) is 9.69 Å². The molecule has 1 aliphatic heterocycles. The molecule has 0 unspecified atom stereocenters. The number of non-ortho nitro benzene ring substituents is 1. The molecule has 1 saturated heterocycles. The van der Waals surface area contributed by atoms with Crippen LogP contribution in [0.5, 0.6) is 11.5 Å². The van der Waals surface area contributed by atoms with Gasteiger partial charge in [-0.1, -0.05) is 42.5 Å². The Kier molecular flexibility index (Phi) is 6.28. The maximum absolute atomic E-state index is 13.4. The first-order valence-electron chi connectivity index (χ1n) is 11.4. The van der Waals surface area contributed by atoms with Crippen LogP contribution in [-0.2, 0) is 16.2 Å². The smallest absolute Gasteiger partial charge is 0.335 e. The molecule has 0 aliphatic carbocycles. The van der Waals surface area contributed by atoms with Crippen LogP contribution in [0.2, 0.25) is 0 Å². The molecule has 1 heterocycles. The fourth-order valence-corrected chi connectivity index (χ4v) is 4.11. The summed E-state index contributed by atoms with van der Waals surface area (Å²) in [5.41, 5.74) is 0.780. The number of imide groups is 2. The Labute approximate surface area is 215 Å². The van der Waals surface area contributed by atoms with Gasteiger partial charge in [0.15, 0.2) is 0 Å². The molecule has 1 aliphatic rings. The molecule has 0 atom stereocenters. The summed E-state index contributed by atoms with van der Waals surface area (Å²) in [5, 5.41) is 24.4. The highest BCUT2D eigenvalue weighted by Gasteiger charge is 2.37. The molecule has 0 radical (unpaired) electrons. The summed E-state index contributed by atoms with van der Waals surface area (Å²) in [6, 6.07) is 21.3. The molecule has 0 saturated carbocycles. The van der Waals surface area contributed by atoms with E-state index >= 15 is 0 Å². The monoisotopic (exact) mass is 509 g/mol. The van der Waals surface area contributed by atoms with Crippen LogP contribution in [0.3, 0.4) is 0 Å². The normalized spacial score (nSPS) is 14.6. The third-order valence-corrected chi connectivity index (χ3v) is 5.94. The van der Waals surface area contributed by atoms with Crippen molar-refractivity contribution in [2.45, 2.75) is 6.61 Å². The Hall–Kier alpha value is -5.51. The number of fused-ring (bicyclic) bond motifs is 1. The van der Waals surface area contributed by atoms with Crippen molar-refractivity contribution in [2.75, 3.05) is 4.90 Å². The predicted octanol–water partition coefficient (Wildman–Crippen LogP) is 4.70. The zero-order valence-corrected chi connectivity index (χ0v) is 19.7. The molecule has 10 nitrogen and oxygen atoms in total. The summed E-state index contributed by atoms with van der Waals surface area (Å²) < 4.78 is 6.01. The predicted molar refractivity (Wildman–Crippen MR) is 138 cm³/mol. The average molecular weight is 509 g/mol. The molecule has 4 aromatic rings. The van der Waals surface area contributed by atoms with E-state index in [2.05, 4.69) is 5.32 Å². The number of amides is 4. The number of urea groups is 1. The van der Waals surface area contributed by atoms with Crippen molar-refractivity contribution >= 4 is 46.1 Å². The van der Waals surface area contributed by atoms with Gasteiger partial charge in [-0.3, -0.25) is 25.0 Å². The quantitative estimate of drug-likeness (QED) is 0.166. The average Bonchev–Trinajstić information content (AvgIpc) is 2.91. The van der Waals surface area contributed by atoms with Crippen LogP contribution in [0, 0.1) is 10.1 Å². The molecular weight excluding hydrogens is 490 g/mol. The van der Waals surface area contributed by atoms with Crippen LogP contribution in [-0.4, -0.2) is 27.9 Å². The number of carbonyl (C=O) groups excluding carboxylic acids is 3. The van der Waals surface area contributed by atoms with E-state index in [1.54, 1.807) is 30.3 Å². The van der Waals surface area contributed by atoms with Gasteiger partial charge in [-0.05, 0) is 52.7 Å². The number of nitrogens with zero attached hydrogens (tertiary/aromatic N) is 2. The molecule has 0 aromatic heterocycles. The zero-order valence-electron chi connectivity index (χ0n) is 19.7. The maximum atomic E-state index is 13.4. The number of phenolic OH excluding ortho intramolecular Hbond substituents is 1. The van der Waals surface area contributed by atoms with E-state index in [0.29, 0.717) is 22.3 Å². The highest BCUT2D eigenvalue weighted by atomic mass is 16.6. The number of nitrogens with one attached hydrogen (secondary N) is 1. The number of anilines is 1. The number of benzene rings is 4. The first kappa shape index (κ1) is 24.2. The molecule has 2 N–H and O–H groups in total. The largest absolute Gasteiger partial charge is 0.508 e. The van der Waals surface area contributed by atoms with Gasteiger partial charge in [-0.2, -0.15) is 0 Å². The summed E-state index contributed by atoms with van der Waals surface area (Å²) in [6.45, 7) is -0.00550. The third kappa shape index (κ3) is 4.65. The standard InChI is InChI=1S/C28H19N3O7/c32-21-11-9-19(10-12-21)30-27(34)24(26(33)29-28(30)35)15-23-22-7-2-1-5-18(22)8-13-25(23)38-16-17-4-3-6-20(14-17)31(36)37/h1-15,32H,16H2,(H,29,33,35)/b24-15+. The topological polar surface area (TPSA) is 139 Å². The molecule has 1 fully saturated rings. The van der Waals surface area contributed by atoms with Crippen molar-refractivity contribution in [3.05, 3.63) is 112 Å². The number of ether oxygens (including phenoxy) is 1. The Morgan fingerprint density at radius 2 is 1.71 bits per heavy atom. The Bertz CT molecular complexity index is 1640. The van der Waals surface area contributed by atoms with Crippen LogP contribution in [0.15, 0.2) is 90.5 Å². The van der Waals surface area contributed by atoms with Crippen LogP contribution >= 0.6 is 0 Å². The van der Waals surface area contributed by atoms with E-state index in [1.807, 2.05) is 18.2 Å². The molecular formula is C28H19N3O7. The summed E-state index contributed by atoms with van der Waals surface area (Å²) in [4.78, 5) is 50.1. The van der Waals surface area contributed by atoms with E-state index in [0.717, 1.165) is 10.3 Å². The fourth-order valence-electron chi connectivity index (χ4n) is 4.11. The summed E-state index contributed by atoms with van der Waals surface area (Å²) in [5.74, 6) is -1.43. The summed E-state index contributed by atoms with van der Waals surface area (Å²) in [7, 11) is 0. The number of hydrogen-bond donors (Lipinski definition) is 2. The van der Waals surface area contributed by atoms with Crippen molar-refractivity contribution in [1.82, 2.24) is 5.32 Å². The van der Waals surface area contributed by atoms with E-state index < -0.39 is 22.8 Å². The molecule has 4 aromatic carbocycles. The van der Waals surface area contributed by atoms with Gasteiger partial charge in [-0.15, -0.1) is 0 Å². The lowest BCUT2D eigenvalue weighted by atomic mass is 9.99. The Morgan fingerprint density at radius 3 is 2.47 bits per heavy atom. The highest BCUT2D eigenvalue weighted by Crippen LogP contribution is 2.32. The second-order valence-corrected chi connectivity index (χ2v) is 8.39. The number of aromatic hydroxyl groups is 1. The van der Waals surface area contributed by atoms with E-state index in [9.17, 15) is 29.6 Å². The number of hydrogen-bond acceptors (Lipinski definition) is 7. The lowest BCUT2D eigenvalue weighted by Gasteiger charge is -2.26. The van der Waals surface area contributed by atoms with Crippen molar-refractivity contribution in [1.29, 1.82) is 0 Å². The van der Waals surface area contributed by atoms with E-state index in [4.69, 9.17) is 4.74 Å². The van der Waals surface area contributed by atoms with Gasteiger partial charge in [0, 0.05) is 17.7 Å². The SMILES string of the molecule is O=C1NC(=O)N(c2ccc(O)cc2)C(=O)/C1=C/c1c(OCc2cccc([N+](=O)[O-])c2)ccc2ccccc12. The number of nitro benzene ring substituents is 1. The van der Waals surface area contributed by atoms with Crippen molar-refractivity contribution < 1.29 is 29.2 Å². The number of rotatable bonds is 6. The van der Waals surface area contributed by atoms with Gasteiger partial charge >= 0.3 is 6.03 Å². The second-order valence-electron chi connectivity index (χ2n) is 8.39. The van der Waals surface area contributed by atoms with E-state index in [1.165, 1.54) is 42.5 Å². The lowest BCUT2D eigenvalue weighted by Crippen LogP contribution is -2.54. The molecule has 0 bridgehead atoms. The number of carbonyl (C=O) groups is 3. The maximum Gasteiger partial charge on any atom is 0.335 e. The van der Waals surface area contributed by atoms with Gasteiger partial charge in [0.1, 0.15) is 23.7 Å². The number of phenols is 1.